The highest BCUT2D eigenvalue weighted by molar-refractivity contribution is 5.93. The van der Waals surface area contributed by atoms with Crippen LogP contribution in [-0.2, 0) is 6.54 Å². The molecule has 94 valence electrons. The van der Waals surface area contributed by atoms with E-state index in [0.29, 0.717) is 13.1 Å². The fourth-order valence-electron chi connectivity index (χ4n) is 1.52. The number of aromatic carboxylic acids is 1. The molecule has 17 heavy (non-hydrogen) atoms. The smallest absolute Gasteiger partial charge is 0.335 e. The van der Waals surface area contributed by atoms with Gasteiger partial charge in [0.2, 0.25) is 0 Å². The third-order valence-electron chi connectivity index (χ3n) is 2.23. The third kappa shape index (κ3) is 3.09. The van der Waals surface area contributed by atoms with Crippen LogP contribution in [0.5, 0.6) is 0 Å². The van der Waals surface area contributed by atoms with Gasteiger partial charge in [-0.15, -0.1) is 24.8 Å². The fourth-order valence-corrected chi connectivity index (χ4v) is 1.52. The van der Waals surface area contributed by atoms with Crippen molar-refractivity contribution in [3.05, 3.63) is 30.0 Å². The van der Waals surface area contributed by atoms with E-state index in [1.807, 2.05) is 0 Å². The number of carbonyl (C=O) groups is 1. The number of hydrogen-bond acceptors (Lipinski definition) is 3. The van der Waals surface area contributed by atoms with Crippen LogP contribution in [0.1, 0.15) is 10.4 Å². The molecule has 0 saturated heterocycles. The summed E-state index contributed by atoms with van der Waals surface area (Å²) in [6, 6.07) is 4.93. The first-order chi connectivity index (χ1) is 7.22. The van der Waals surface area contributed by atoms with Crippen molar-refractivity contribution in [3.63, 3.8) is 0 Å². The molecule has 0 amide bonds. The molecule has 0 aliphatic carbocycles. The highest BCUT2D eigenvalue weighted by atomic mass is 35.5. The normalized spacial score (nSPS) is 9.47. The molecule has 3 N–H and O–H groups in total. The Labute approximate surface area is 110 Å². The number of rotatable bonds is 3. The van der Waals surface area contributed by atoms with Crippen molar-refractivity contribution in [2.24, 2.45) is 5.73 Å². The van der Waals surface area contributed by atoms with E-state index in [2.05, 4.69) is 5.10 Å². The van der Waals surface area contributed by atoms with Gasteiger partial charge < -0.3 is 10.8 Å². The lowest BCUT2D eigenvalue weighted by Gasteiger charge is -2.00. The summed E-state index contributed by atoms with van der Waals surface area (Å²) in [5, 5.41) is 13.8. The van der Waals surface area contributed by atoms with Gasteiger partial charge in [-0.25, -0.2) is 4.79 Å². The van der Waals surface area contributed by atoms with Gasteiger partial charge in [0.15, 0.2) is 0 Å². The van der Waals surface area contributed by atoms with Gasteiger partial charge in [-0.2, -0.15) is 5.10 Å². The number of fused-ring (bicyclic) bond motifs is 1. The highest BCUT2D eigenvalue weighted by Crippen LogP contribution is 2.15. The Morgan fingerprint density at radius 2 is 2.12 bits per heavy atom. The molecule has 0 unspecified atom stereocenters. The monoisotopic (exact) mass is 277 g/mol. The summed E-state index contributed by atoms with van der Waals surface area (Å²) in [5.74, 6) is -0.927. The maximum Gasteiger partial charge on any atom is 0.335 e. The Kier molecular flexibility index (Phi) is 5.95. The molecule has 0 aliphatic rings. The first kappa shape index (κ1) is 15.7. The lowest BCUT2D eigenvalue weighted by atomic mass is 10.1. The number of carboxylic acids is 1. The van der Waals surface area contributed by atoms with Gasteiger partial charge in [0.25, 0.3) is 0 Å². The third-order valence-corrected chi connectivity index (χ3v) is 2.23. The summed E-state index contributed by atoms with van der Waals surface area (Å²) in [6.45, 7) is 1.15. The Balaban J connectivity index is 0.00000128. The highest BCUT2D eigenvalue weighted by Gasteiger charge is 2.06. The molecule has 0 aliphatic heterocycles. The van der Waals surface area contributed by atoms with Gasteiger partial charge >= 0.3 is 5.97 Å². The van der Waals surface area contributed by atoms with Crippen LogP contribution >= 0.6 is 24.8 Å². The van der Waals surface area contributed by atoms with Crippen molar-refractivity contribution in [2.45, 2.75) is 6.54 Å². The van der Waals surface area contributed by atoms with Crippen molar-refractivity contribution >= 4 is 41.7 Å². The molecule has 7 heteroatoms. The number of benzene rings is 1. The minimum Gasteiger partial charge on any atom is -0.478 e. The van der Waals surface area contributed by atoms with Crippen LogP contribution in [0.15, 0.2) is 24.4 Å². The quantitative estimate of drug-likeness (QED) is 0.892. The molecule has 0 bridgehead atoms. The molecule has 2 aromatic rings. The van der Waals surface area contributed by atoms with Crippen LogP contribution in [0.2, 0.25) is 0 Å². The molecule has 1 aromatic heterocycles. The zero-order valence-corrected chi connectivity index (χ0v) is 10.5. The topological polar surface area (TPSA) is 81.1 Å². The summed E-state index contributed by atoms with van der Waals surface area (Å²) in [5.41, 5.74) is 6.61. The van der Waals surface area contributed by atoms with E-state index in [1.54, 1.807) is 29.1 Å². The fraction of sp³-hybridized carbons (Fsp3) is 0.200. The van der Waals surface area contributed by atoms with Gasteiger partial charge in [-0.3, -0.25) is 4.68 Å². The first-order valence-corrected chi connectivity index (χ1v) is 4.61. The number of nitrogens with zero attached hydrogens (tertiary/aromatic N) is 2. The maximum atomic E-state index is 10.7. The molecule has 1 aromatic carbocycles. The van der Waals surface area contributed by atoms with E-state index in [1.165, 1.54) is 0 Å². The predicted molar refractivity (Wildman–Crippen MR) is 70.2 cm³/mol. The second-order valence-electron chi connectivity index (χ2n) is 3.24. The van der Waals surface area contributed by atoms with Crippen LogP contribution in [0.4, 0.5) is 0 Å². The van der Waals surface area contributed by atoms with Crippen LogP contribution in [0.3, 0.4) is 0 Å². The summed E-state index contributed by atoms with van der Waals surface area (Å²) >= 11 is 0. The van der Waals surface area contributed by atoms with Crippen LogP contribution in [0, 0.1) is 0 Å². The van der Waals surface area contributed by atoms with Crippen molar-refractivity contribution in [3.8, 4) is 0 Å². The van der Waals surface area contributed by atoms with E-state index in [9.17, 15) is 4.79 Å². The molecule has 2 rings (SSSR count). The van der Waals surface area contributed by atoms with E-state index in [0.717, 1.165) is 10.9 Å². The van der Waals surface area contributed by atoms with E-state index < -0.39 is 5.97 Å². The van der Waals surface area contributed by atoms with Gasteiger partial charge in [-0.1, -0.05) is 0 Å². The molecule has 1 heterocycles. The number of halogens is 2. The van der Waals surface area contributed by atoms with E-state index in [4.69, 9.17) is 10.8 Å². The molecular weight excluding hydrogens is 265 g/mol. The zero-order chi connectivity index (χ0) is 10.8. The van der Waals surface area contributed by atoms with Crippen molar-refractivity contribution < 1.29 is 9.90 Å². The van der Waals surface area contributed by atoms with Crippen molar-refractivity contribution in [1.29, 1.82) is 0 Å². The van der Waals surface area contributed by atoms with E-state index in [-0.39, 0.29) is 30.4 Å². The first-order valence-electron chi connectivity index (χ1n) is 4.61. The van der Waals surface area contributed by atoms with Crippen LogP contribution in [-0.4, -0.2) is 27.4 Å². The molecule has 0 saturated carbocycles. The maximum absolute atomic E-state index is 10.7. The van der Waals surface area contributed by atoms with E-state index >= 15 is 0 Å². The number of nitrogens with two attached hydrogens (primary N) is 1. The average Bonchev–Trinajstić information content (AvgIpc) is 2.61. The number of hydrogen-bond donors (Lipinski definition) is 2. The SMILES string of the molecule is Cl.Cl.NCCn1ncc2cc(C(=O)O)ccc21. The molecule has 0 fully saturated rings. The van der Waals surface area contributed by atoms with Crippen molar-refractivity contribution in [2.75, 3.05) is 6.54 Å². The Hall–Kier alpha value is -1.30. The summed E-state index contributed by atoms with van der Waals surface area (Å²) in [4.78, 5) is 10.7. The van der Waals surface area contributed by atoms with Gasteiger partial charge in [0.05, 0.1) is 23.8 Å². The second-order valence-corrected chi connectivity index (χ2v) is 3.24. The molecular formula is C10H13Cl2N3O2. The lowest BCUT2D eigenvalue weighted by Crippen LogP contribution is -2.10. The minimum atomic E-state index is -0.927. The summed E-state index contributed by atoms with van der Waals surface area (Å²) in [7, 11) is 0. The average molecular weight is 278 g/mol. The van der Waals surface area contributed by atoms with Crippen molar-refractivity contribution in [1.82, 2.24) is 9.78 Å². The molecule has 5 nitrogen and oxygen atoms in total. The van der Waals surface area contributed by atoms with Gasteiger partial charge in [0.1, 0.15) is 0 Å². The Morgan fingerprint density at radius 1 is 1.41 bits per heavy atom. The molecule has 0 spiro atoms. The summed E-state index contributed by atoms with van der Waals surface area (Å²) < 4.78 is 1.76. The Morgan fingerprint density at radius 3 is 2.71 bits per heavy atom. The van der Waals surface area contributed by atoms with Crippen LogP contribution < -0.4 is 5.73 Å². The molecule has 0 atom stereocenters. The Bertz CT molecular complexity index is 513. The largest absolute Gasteiger partial charge is 0.478 e. The molecule has 0 radical (unpaired) electrons. The van der Waals surface area contributed by atoms with Crippen LogP contribution in [0.25, 0.3) is 10.9 Å². The number of aromatic nitrogens is 2. The summed E-state index contributed by atoms with van der Waals surface area (Å²) in [6.07, 6.45) is 1.65. The van der Waals surface area contributed by atoms with Gasteiger partial charge in [0, 0.05) is 11.9 Å². The predicted octanol–water partition coefficient (Wildman–Crippen LogP) is 1.54. The lowest BCUT2D eigenvalue weighted by molar-refractivity contribution is 0.0697. The number of carboxylic acid groups (broad SMARTS) is 1. The standard InChI is InChI=1S/C10H11N3O2.2ClH/c11-3-4-13-9-2-1-7(10(14)15)5-8(9)6-12-13;;/h1-2,5-6H,3-4,11H2,(H,14,15);2*1H. The van der Waals surface area contributed by atoms with Gasteiger partial charge in [-0.05, 0) is 18.2 Å². The zero-order valence-electron chi connectivity index (χ0n) is 8.87. The second kappa shape index (κ2) is 6.44. The minimum absolute atomic E-state index is 0.